The van der Waals surface area contributed by atoms with Gasteiger partial charge in [-0.3, -0.25) is 4.79 Å². The summed E-state index contributed by atoms with van der Waals surface area (Å²) in [4.78, 5) is 12.6. The van der Waals surface area contributed by atoms with Crippen molar-refractivity contribution in [2.24, 2.45) is 0 Å². The third-order valence-corrected chi connectivity index (χ3v) is 3.54. The molecule has 5 nitrogen and oxygen atoms in total. The van der Waals surface area contributed by atoms with Gasteiger partial charge in [0.15, 0.2) is 0 Å². The Hall–Kier alpha value is -2.69. The zero-order valence-electron chi connectivity index (χ0n) is 14.3. The number of anilines is 1. The lowest BCUT2D eigenvalue weighted by molar-refractivity contribution is 0.102. The van der Waals surface area contributed by atoms with Crippen LogP contribution in [0.4, 0.5) is 5.69 Å². The fraction of sp³-hybridized carbons (Fsp3) is 0.316. The highest BCUT2D eigenvalue weighted by Crippen LogP contribution is 2.30. The molecule has 0 unspecified atom stereocenters. The van der Waals surface area contributed by atoms with Crippen LogP contribution in [-0.4, -0.2) is 26.7 Å². The molecule has 0 saturated carbocycles. The summed E-state index contributed by atoms with van der Waals surface area (Å²) in [7, 11) is 3.13. The summed E-state index contributed by atoms with van der Waals surface area (Å²) in [6, 6.07) is 12.4. The van der Waals surface area contributed by atoms with E-state index in [0.717, 1.165) is 12.8 Å². The van der Waals surface area contributed by atoms with E-state index in [0.29, 0.717) is 35.1 Å². The third kappa shape index (κ3) is 4.41. The van der Waals surface area contributed by atoms with E-state index in [4.69, 9.17) is 14.2 Å². The molecule has 0 aliphatic heterocycles. The summed E-state index contributed by atoms with van der Waals surface area (Å²) in [6.07, 6.45) is 1.98. The molecule has 128 valence electrons. The Morgan fingerprint density at radius 1 is 1.04 bits per heavy atom. The lowest BCUT2D eigenvalue weighted by Crippen LogP contribution is -2.14. The zero-order valence-corrected chi connectivity index (χ0v) is 14.3. The van der Waals surface area contributed by atoms with Crippen molar-refractivity contribution in [3.05, 3.63) is 48.0 Å². The summed E-state index contributed by atoms with van der Waals surface area (Å²) in [5, 5.41) is 2.86. The second-order valence-electron chi connectivity index (χ2n) is 5.22. The van der Waals surface area contributed by atoms with Gasteiger partial charge in [0.2, 0.25) is 0 Å². The molecular formula is C19H23NO4. The van der Waals surface area contributed by atoms with Gasteiger partial charge < -0.3 is 19.5 Å². The molecular weight excluding hydrogens is 306 g/mol. The van der Waals surface area contributed by atoms with Crippen molar-refractivity contribution < 1.29 is 19.0 Å². The molecule has 0 heterocycles. The van der Waals surface area contributed by atoms with Gasteiger partial charge in [0.25, 0.3) is 5.91 Å². The van der Waals surface area contributed by atoms with E-state index < -0.39 is 0 Å². The minimum Gasteiger partial charge on any atom is -0.497 e. The van der Waals surface area contributed by atoms with Gasteiger partial charge in [0, 0.05) is 6.07 Å². The monoisotopic (exact) mass is 329 g/mol. The highest BCUT2D eigenvalue weighted by Gasteiger charge is 2.15. The number of benzene rings is 2. The average molecular weight is 329 g/mol. The van der Waals surface area contributed by atoms with E-state index in [9.17, 15) is 4.79 Å². The molecule has 1 amide bonds. The fourth-order valence-corrected chi connectivity index (χ4v) is 2.21. The molecule has 2 aromatic rings. The molecule has 0 aliphatic carbocycles. The van der Waals surface area contributed by atoms with E-state index in [1.807, 2.05) is 12.1 Å². The number of amides is 1. The molecule has 5 heteroatoms. The predicted octanol–water partition coefficient (Wildman–Crippen LogP) is 4.14. The molecule has 0 atom stereocenters. The molecule has 1 N–H and O–H groups in total. The topological polar surface area (TPSA) is 56.8 Å². The number of para-hydroxylation sites is 1. The normalized spacial score (nSPS) is 10.1. The summed E-state index contributed by atoms with van der Waals surface area (Å²) in [5.74, 6) is 1.52. The first-order chi connectivity index (χ1) is 11.7. The Kier molecular flexibility index (Phi) is 6.49. The molecule has 24 heavy (non-hydrogen) atoms. The fourth-order valence-electron chi connectivity index (χ4n) is 2.21. The number of carbonyl (C=O) groups is 1. The van der Waals surface area contributed by atoms with Gasteiger partial charge in [-0.05, 0) is 30.7 Å². The van der Waals surface area contributed by atoms with Crippen LogP contribution in [-0.2, 0) is 0 Å². The number of unbranched alkanes of at least 4 members (excludes halogenated alkanes) is 1. The van der Waals surface area contributed by atoms with Crippen LogP contribution in [0, 0.1) is 0 Å². The van der Waals surface area contributed by atoms with E-state index in [1.165, 1.54) is 0 Å². The minimum atomic E-state index is -0.256. The first kappa shape index (κ1) is 17.7. The largest absolute Gasteiger partial charge is 0.497 e. The second kappa shape index (κ2) is 8.82. The Labute approximate surface area is 142 Å². The van der Waals surface area contributed by atoms with Crippen LogP contribution < -0.4 is 19.5 Å². The molecule has 2 rings (SSSR count). The minimum absolute atomic E-state index is 0.256. The van der Waals surface area contributed by atoms with Crippen molar-refractivity contribution in [2.75, 3.05) is 26.1 Å². The number of hydrogen-bond donors (Lipinski definition) is 1. The van der Waals surface area contributed by atoms with Crippen LogP contribution >= 0.6 is 0 Å². The molecule has 0 radical (unpaired) electrons. The Morgan fingerprint density at radius 3 is 2.54 bits per heavy atom. The predicted molar refractivity (Wildman–Crippen MR) is 94.3 cm³/mol. The van der Waals surface area contributed by atoms with Crippen molar-refractivity contribution in [1.82, 2.24) is 0 Å². The first-order valence-electron chi connectivity index (χ1n) is 7.94. The lowest BCUT2D eigenvalue weighted by atomic mass is 10.1. The Bertz CT molecular complexity index is 685. The Morgan fingerprint density at radius 2 is 1.83 bits per heavy atom. The molecule has 0 aliphatic rings. The van der Waals surface area contributed by atoms with Crippen LogP contribution in [0.1, 0.15) is 30.1 Å². The quantitative estimate of drug-likeness (QED) is 0.740. The molecule has 2 aromatic carbocycles. The van der Waals surface area contributed by atoms with Gasteiger partial charge in [-0.15, -0.1) is 0 Å². The van der Waals surface area contributed by atoms with Crippen LogP contribution in [0.25, 0.3) is 0 Å². The molecule has 0 bridgehead atoms. The van der Waals surface area contributed by atoms with Crippen LogP contribution in [0.3, 0.4) is 0 Å². The maximum atomic E-state index is 12.6. The lowest BCUT2D eigenvalue weighted by Gasteiger charge is -2.14. The van der Waals surface area contributed by atoms with Crippen molar-refractivity contribution in [2.45, 2.75) is 19.8 Å². The van der Waals surface area contributed by atoms with E-state index in [1.54, 1.807) is 44.6 Å². The van der Waals surface area contributed by atoms with E-state index in [2.05, 4.69) is 12.2 Å². The van der Waals surface area contributed by atoms with Crippen molar-refractivity contribution in [1.29, 1.82) is 0 Å². The molecule has 0 aromatic heterocycles. The third-order valence-electron chi connectivity index (χ3n) is 3.54. The molecule has 0 spiro atoms. The van der Waals surface area contributed by atoms with Crippen LogP contribution in [0.15, 0.2) is 42.5 Å². The molecule has 0 saturated heterocycles. The number of rotatable bonds is 8. The van der Waals surface area contributed by atoms with Crippen molar-refractivity contribution in [3.8, 4) is 17.2 Å². The van der Waals surface area contributed by atoms with Crippen molar-refractivity contribution in [3.63, 3.8) is 0 Å². The number of nitrogens with one attached hydrogen (secondary N) is 1. The molecule has 0 fully saturated rings. The smallest absolute Gasteiger partial charge is 0.259 e. The van der Waals surface area contributed by atoms with Crippen LogP contribution in [0.2, 0.25) is 0 Å². The maximum Gasteiger partial charge on any atom is 0.259 e. The highest BCUT2D eigenvalue weighted by molar-refractivity contribution is 6.07. The van der Waals surface area contributed by atoms with Gasteiger partial charge in [-0.25, -0.2) is 0 Å². The number of hydrogen-bond acceptors (Lipinski definition) is 4. The summed E-state index contributed by atoms with van der Waals surface area (Å²) >= 11 is 0. The summed E-state index contributed by atoms with van der Waals surface area (Å²) < 4.78 is 16.2. The summed E-state index contributed by atoms with van der Waals surface area (Å²) in [6.45, 7) is 2.68. The van der Waals surface area contributed by atoms with Gasteiger partial charge in [0.05, 0.1) is 32.1 Å². The average Bonchev–Trinajstić information content (AvgIpc) is 2.62. The van der Waals surface area contributed by atoms with Gasteiger partial charge in [0.1, 0.15) is 17.2 Å². The number of ether oxygens (including phenoxy) is 3. The number of methoxy groups -OCH3 is 2. The van der Waals surface area contributed by atoms with Gasteiger partial charge in [-0.2, -0.15) is 0 Å². The van der Waals surface area contributed by atoms with E-state index >= 15 is 0 Å². The first-order valence-corrected chi connectivity index (χ1v) is 7.94. The second-order valence-corrected chi connectivity index (χ2v) is 5.22. The van der Waals surface area contributed by atoms with Gasteiger partial charge in [-0.1, -0.05) is 25.5 Å². The Balaban J connectivity index is 2.21. The van der Waals surface area contributed by atoms with E-state index in [-0.39, 0.29) is 5.91 Å². The van der Waals surface area contributed by atoms with Gasteiger partial charge >= 0.3 is 0 Å². The zero-order chi connectivity index (χ0) is 17.4. The SMILES string of the molecule is CCCCOc1ccccc1C(=O)Nc1cc(OC)ccc1OC. The number of carbonyl (C=O) groups excluding carboxylic acids is 1. The maximum absolute atomic E-state index is 12.6. The highest BCUT2D eigenvalue weighted by atomic mass is 16.5. The standard InChI is InChI=1S/C19H23NO4/c1-4-5-12-24-17-9-7-6-8-15(17)19(21)20-16-13-14(22-2)10-11-18(16)23-3/h6-11,13H,4-5,12H2,1-3H3,(H,20,21). The van der Waals surface area contributed by atoms with Crippen molar-refractivity contribution >= 4 is 11.6 Å². The van der Waals surface area contributed by atoms with Crippen LogP contribution in [0.5, 0.6) is 17.2 Å². The summed E-state index contributed by atoms with van der Waals surface area (Å²) in [5.41, 5.74) is 1.03.